The van der Waals surface area contributed by atoms with Crippen molar-refractivity contribution in [1.29, 1.82) is 0 Å². The van der Waals surface area contributed by atoms with E-state index in [0.717, 1.165) is 5.56 Å². The zero-order chi connectivity index (χ0) is 32.2. The SMILES string of the molecule is CCOC(=O)c1ccc(-c2ccc(/C=c3/sc4n(c3=O)[C@@H](c3cc(OC)ccc3OC)C(C(=O)N(CC)CC)=C(C)N=4)o2)cc1. The molecule has 45 heavy (non-hydrogen) atoms. The van der Waals surface area contributed by atoms with E-state index in [0.29, 0.717) is 74.4 Å². The molecule has 10 nitrogen and oxygen atoms in total. The van der Waals surface area contributed by atoms with Crippen LogP contribution >= 0.6 is 11.3 Å². The molecule has 0 aliphatic carbocycles. The molecule has 0 saturated heterocycles. The molecule has 1 aliphatic rings. The average molecular weight is 630 g/mol. The predicted octanol–water partition coefficient (Wildman–Crippen LogP) is 4.56. The largest absolute Gasteiger partial charge is 0.497 e. The summed E-state index contributed by atoms with van der Waals surface area (Å²) in [6.07, 6.45) is 1.67. The lowest BCUT2D eigenvalue weighted by molar-refractivity contribution is -0.127. The summed E-state index contributed by atoms with van der Waals surface area (Å²) in [5.41, 5.74) is 2.44. The van der Waals surface area contributed by atoms with E-state index in [-0.39, 0.29) is 17.4 Å². The quantitative estimate of drug-likeness (QED) is 0.237. The zero-order valence-corrected chi connectivity index (χ0v) is 26.9. The molecule has 0 unspecified atom stereocenters. The fraction of sp³-hybridized carbons (Fsp3) is 0.294. The predicted molar refractivity (Wildman–Crippen MR) is 171 cm³/mol. The van der Waals surface area contributed by atoms with Gasteiger partial charge in [-0.2, -0.15) is 0 Å². The molecule has 0 saturated carbocycles. The highest BCUT2D eigenvalue weighted by atomic mass is 32.1. The van der Waals surface area contributed by atoms with Crippen LogP contribution in [0.1, 0.15) is 55.4 Å². The third-order valence-electron chi connectivity index (χ3n) is 7.61. The van der Waals surface area contributed by atoms with Crippen LogP contribution in [0.5, 0.6) is 11.5 Å². The van der Waals surface area contributed by atoms with Crippen molar-refractivity contribution in [2.24, 2.45) is 4.99 Å². The number of allylic oxidation sites excluding steroid dienone is 1. The van der Waals surface area contributed by atoms with Gasteiger partial charge in [-0.15, -0.1) is 0 Å². The zero-order valence-electron chi connectivity index (χ0n) is 26.1. The molecule has 234 valence electrons. The first-order valence-electron chi connectivity index (χ1n) is 14.7. The van der Waals surface area contributed by atoms with Gasteiger partial charge in [0.2, 0.25) is 0 Å². The maximum Gasteiger partial charge on any atom is 0.338 e. The molecule has 0 radical (unpaired) electrons. The minimum Gasteiger partial charge on any atom is -0.497 e. The Labute approximate surface area is 264 Å². The molecule has 5 rings (SSSR count). The van der Waals surface area contributed by atoms with E-state index in [1.807, 2.05) is 13.8 Å². The topological polar surface area (TPSA) is 113 Å². The second-order valence-corrected chi connectivity index (χ2v) is 11.2. The third kappa shape index (κ3) is 6.08. The first kappa shape index (κ1) is 31.5. The number of carbonyl (C=O) groups is 2. The average Bonchev–Trinajstić information content (AvgIpc) is 3.64. The van der Waals surface area contributed by atoms with Gasteiger partial charge in [0, 0.05) is 30.3 Å². The van der Waals surface area contributed by atoms with Gasteiger partial charge < -0.3 is 23.5 Å². The Balaban J connectivity index is 1.62. The van der Waals surface area contributed by atoms with Gasteiger partial charge in [0.05, 0.1) is 42.2 Å². The minimum atomic E-state index is -0.799. The van der Waals surface area contributed by atoms with Crippen molar-refractivity contribution in [3.63, 3.8) is 0 Å². The highest BCUT2D eigenvalue weighted by molar-refractivity contribution is 7.07. The number of thiazole rings is 1. The third-order valence-corrected chi connectivity index (χ3v) is 8.60. The Bertz CT molecular complexity index is 1950. The molecular weight excluding hydrogens is 594 g/mol. The highest BCUT2D eigenvalue weighted by Gasteiger charge is 2.36. The lowest BCUT2D eigenvalue weighted by Gasteiger charge is -2.30. The van der Waals surface area contributed by atoms with Crippen LogP contribution < -0.4 is 24.4 Å². The smallest absolute Gasteiger partial charge is 0.338 e. The Kier molecular flexibility index (Phi) is 9.38. The number of hydrogen-bond donors (Lipinski definition) is 0. The van der Waals surface area contributed by atoms with Crippen molar-refractivity contribution in [3.05, 3.63) is 102 Å². The van der Waals surface area contributed by atoms with Crippen molar-refractivity contribution in [2.75, 3.05) is 33.9 Å². The summed E-state index contributed by atoms with van der Waals surface area (Å²) in [5.74, 6) is 1.54. The Morgan fingerprint density at radius 2 is 1.76 bits per heavy atom. The second kappa shape index (κ2) is 13.4. The van der Waals surface area contributed by atoms with Crippen molar-refractivity contribution < 1.29 is 28.2 Å². The number of fused-ring (bicyclic) bond motifs is 1. The van der Waals surface area contributed by atoms with Gasteiger partial charge in [-0.25, -0.2) is 9.79 Å². The molecule has 1 amide bonds. The summed E-state index contributed by atoms with van der Waals surface area (Å²) in [6, 6.07) is 15.0. The number of nitrogens with zero attached hydrogens (tertiary/aromatic N) is 3. The molecular formula is C34H35N3O7S. The fourth-order valence-corrected chi connectivity index (χ4v) is 6.35. The summed E-state index contributed by atoms with van der Waals surface area (Å²) in [4.78, 5) is 47.0. The van der Waals surface area contributed by atoms with Crippen LogP contribution in [0.2, 0.25) is 0 Å². The van der Waals surface area contributed by atoms with E-state index >= 15 is 0 Å². The number of methoxy groups -OCH3 is 2. The Morgan fingerprint density at radius 1 is 1.02 bits per heavy atom. The molecule has 0 N–H and O–H groups in total. The fourth-order valence-electron chi connectivity index (χ4n) is 5.32. The monoisotopic (exact) mass is 629 g/mol. The number of hydrogen-bond acceptors (Lipinski definition) is 9. The Morgan fingerprint density at radius 3 is 2.40 bits per heavy atom. The molecule has 11 heteroatoms. The van der Waals surface area contributed by atoms with Crippen molar-refractivity contribution in [3.8, 4) is 22.8 Å². The van der Waals surface area contributed by atoms with Crippen molar-refractivity contribution in [2.45, 2.75) is 33.7 Å². The molecule has 2 aromatic heterocycles. The summed E-state index contributed by atoms with van der Waals surface area (Å²) >= 11 is 1.22. The lowest BCUT2D eigenvalue weighted by atomic mass is 9.93. The number of ether oxygens (including phenoxy) is 3. The van der Waals surface area contributed by atoms with Crippen LogP contribution in [-0.2, 0) is 9.53 Å². The van der Waals surface area contributed by atoms with Gasteiger partial charge in [-0.05, 0) is 70.2 Å². The normalized spacial score (nSPS) is 14.5. The second-order valence-electron chi connectivity index (χ2n) is 10.2. The number of benzene rings is 2. The van der Waals surface area contributed by atoms with Gasteiger partial charge in [-0.1, -0.05) is 23.5 Å². The molecule has 0 bridgehead atoms. The number of furan rings is 1. The number of likely N-dealkylation sites (N-methyl/N-ethyl adjacent to an activating group) is 1. The standard InChI is InChI=1S/C34H35N3O7S/c1-7-36(8-2)32(39)29-20(4)35-34-37(30(29)25-18-23(41-5)14-17-27(25)42-6)31(38)28(45-34)19-24-15-16-26(44-24)21-10-12-22(13-11-21)33(40)43-9-3/h10-19,30H,7-9H2,1-6H3/b28-19+/t30-/m0/s1. The van der Waals surface area contributed by atoms with E-state index in [4.69, 9.17) is 23.6 Å². The first-order chi connectivity index (χ1) is 21.7. The van der Waals surface area contributed by atoms with E-state index in [1.54, 1.807) is 98.2 Å². The van der Waals surface area contributed by atoms with Crippen LogP contribution in [0, 0.1) is 0 Å². The van der Waals surface area contributed by atoms with Gasteiger partial charge >= 0.3 is 5.97 Å². The van der Waals surface area contributed by atoms with Crippen molar-refractivity contribution >= 4 is 29.3 Å². The number of amides is 1. The maximum atomic E-state index is 14.1. The van der Waals surface area contributed by atoms with E-state index in [2.05, 4.69) is 0 Å². The van der Waals surface area contributed by atoms with Crippen molar-refractivity contribution in [1.82, 2.24) is 9.47 Å². The minimum absolute atomic E-state index is 0.199. The van der Waals surface area contributed by atoms with E-state index < -0.39 is 6.04 Å². The van der Waals surface area contributed by atoms with Gasteiger partial charge in [0.1, 0.15) is 29.1 Å². The number of carbonyl (C=O) groups excluding carboxylic acids is 2. The van der Waals surface area contributed by atoms with Gasteiger partial charge in [0.25, 0.3) is 11.5 Å². The summed E-state index contributed by atoms with van der Waals surface area (Å²) in [7, 11) is 3.11. The Hall–Kier alpha value is -4.90. The maximum absolute atomic E-state index is 14.1. The molecule has 4 aromatic rings. The van der Waals surface area contributed by atoms with Crippen LogP contribution in [-0.4, -0.2) is 55.3 Å². The van der Waals surface area contributed by atoms with E-state index in [9.17, 15) is 14.4 Å². The van der Waals surface area contributed by atoms with Crippen LogP contribution in [0.25, 0.3) is 17.4 Å². The molecule has 0 fully saturated rings. The summed E-state index contributed by atoms with van der Waals surface area (Å²) in [5, 5.41) is 0. The number of esters is 1. The van der Waals surface area contributed by atoms with Gasteiger partial charge in [-0.3, -0.25) is 14.2 Å². The van der Waals surface area contributed by atoms with Crippen LogP contribution in [0.3, 0.4) is 0 Å². The molecule has 0 spiro atoms. The van der Waals surface area contributed by atoms with Gasteiger partial charge in [0.15, 0.2) is 4.80 Å². The highest BCUT2D eigenvalue weighted by Crippen LogP contribution is 2.38. The molecule has 1 atom stereocenters. The number of rotatable bonds is 10. The summed E-state index contributed by atoms with van der Waals surface area (Å²) in [6.45, 7) is 8.69. The molecule has 2 aromatic carbocycles. The first-order valence-corrected chi connectivity index (χ1v) is 15.5. The molecule has 3 heterocycles. The van der Waals surface area contributed by atoms with Crippen LogP contribution in [0.15, 0.2) is 80.1 Å². The number of aromatic nitrogens is 1. The van der Waals surface area contributed by atoms with E-state index in [1.165, 1.54) is 11.3 Å². The van der Waals surface area contributed by atoms with Crippen LogP contribution in [0.4, 0.5) is 0 Å². The summed E-state index contributed by atoms with van der Waals surface area (Å²) < 4.78 is 24.3. The lowest BCUT2D eigenvalue weighted by Crippen LogP contribution is -2.43. The molecule has 1 aliphatic heterocycles.